The summed E-state index contributed by atoms with van der Waals surface area (Å²) in [5, 5.41) is 2.88. The van der Waals surface area contributed by atoms with Crippen LogP contribution in [0.4, 0.5) is 5.95 Å². The second-order valence-electron chi connectivity index (χ2n) is 6.14. The van der Waals surface area contributed by atoms with Crippen LogP contribution in [-0.2, 0) is 14.3 Å². The van der Waals surface area contributed by atoms with Crippen molar-refractivity contribution in [2.45, 2.75) is 18.9 Å². The largest absolute Gasteiger partial charge is 0.383 e. The number of piperazine rings is 1. The summed E-state index contributed by atoms with van der Waals surface area (Å²) in [5.41, 5.74) is 0. The van der Waals surface area contributed by atoms with Crippen LogP contribution in [0.15, 0.2) is 18.5 Å². The van der Waals surface area contributed by atoms with E-state index in [0.29, 0.717) is 51.6 Å². The molecule has 2 aliphatic rings. The molecule has 8 nitrogen and oxygen atoms in total. The first kappa shape index (κ1) is 16.6. The highest BCUT2D eigenvalue weighted by Gasteiger charge is 2.37. The van der Waals surface area contributed by atoms with Crippen molar-refractivity contribution >= 4 is 17.8 Å². The van der Waals surface area contributed by atoms with Crippen LogP contribution in [0.2, 0.25) is 0 Å². The molecule has 0 saturated carbocycles. The van der Waals surface area contributed by atoms with Crippen LogP contribution in [0.5, 0.6) is 0 Å². The van der Waals surface area contributed by atoms with Crippen LogP contribution in [0.3, 0.4) is 0 Å². The number of piperidine rings is 1. The van der Waals surface area contributed by atoms with Crippen molar-refractivity contribution in [3.63, 3.8) is 0 Å². The van der Waals surface area contributed by atoms with Gasteiger partial charge in [0.15, 0.2) is 0 Å². The van der Waals surface area contributed by atoms with Crippen molar-refractivity contribution in [2.24, 2.45) is 5.92 Å². The Morgan fingerprint density at radius 3 is 2.67 bits per heavy atom. The van der Waals surface area contributed by atoms with Gasteiger partial charge in [0.1, 0.15) is 0 Å². The molecule has 130 valence electrons. The van der Waals surface area contributed by atoms with Crippen LogP contribution in [0, 0.1) is 5.92 Å². The third kappa shape index (κ3) is 3.64. The molecule has 2 amide bonds. The summed E-state index contributed by atoms with van der Waals surface area (Å²) in [4.78, 5) is 36.9. The lowest BCUT2D eigenvalue weighted by atomic mass is 9.89. The molecule has 3 heterocycles. The lowest BCUT2D eigenvalue weighted by Gasteiger charge is -2.39. The van der Waals surface area contributed by atoms with Crippen molar-refractivity contribution in [3.8, 4) is 0 Å². The molecular formula is C16H23N5O3. The fourth-order valence-corrected chi connectivity index (χ4v) is 3.32. The summed E-state index contributed by atoms with van der Waals surface area (Å²) in [6.45, 7) is 3.07. The van der Waals surface area contributed by atoms with Crippen molar-refractivity contribution in [1.82, 2.24) is 20.2 Å². The zero-order chi connectivity index (χ0) is 16.9. The van der Waals surface area contributed by atoms with Gasteiger partial charge < -0.3 is 19.9 Å². The van der Waals surface area contributed by atoms with E-state index in [0.717, 1.165) is 0 Å². The zero-order valence-corrected chi connectivity index (χ0v) is 13.9. The maximum absolute atomic E-state index is 12.9. The minimum atomic E-state index is -0.237. The first-order valence-electron chi connectivity index (χ1n) is 8.28. The molecule has 8 heteroatoms. The average Bonchev–Trinajstić information content (AvgIpc) is 2.63. The third-order valence-corrected chi connectivity index (χ3v) is 4.60. The van der Waals surface area contributed by atoms with Crippen molar-refractivity contribution < 1.29 is 14.3 Å². The summed E-state index contributed by atoms with van der Waals surface area (Å²) < 4.78 is 5.16. The Balaban J connectivity index is 1.59. The number of hydrogen-bond acceptors (Lipinski definition) is 6. The monoisotopic (exact) mass is 333 g/mol. The molecule has 2 fully saturated rings. The summed E-state index contributed by atoms with van der Waals surface area (Å²) in [7, 11) is 1.58. The van der Waals surface area contributed by atoms with E-state index in [9.17, 15) is 9.59 Å². The van der Waals surface area contributed by atoms with E-state index in [-0.39, 0.29) is 23.8 Å². The highest BCUT2D eigenvalue weighted by molar-refractivity contribution is 5.84. The Hall–Kier alpha value is -2.22. The van der Waals surface area contributed by atoms with Gasteiger partial charge in [-0.05, 0) is 12.5 Å². The van der Waals surface area contributed by atoms with Gasteiger partial charge in [0.2, 0.25) is 17.8 Å². The van der Waals surface area contributed by atoms with E-state index in [1.54, 1.807) is 25.6 Å². The van der Waals surface area contributed by atoms with E-state index in [1.807, 2.05) is 4.90 Å². The topological polar surface area (TPSA) is 87.7 Å². The Labute approximate surface area is 141 Å². The number of carbonyl (C=O) groups is 2. The van der Waals surface area contributed by atoms with Gasteiger partial charge >= 0.3 is 0 Å². The molecule has 2 saturated heterocycles. The van der Waals surface area contributed by atoms with Crippen LogP contribution in [-0.4, -0.2) is 72.6 Å². The van der Waals surface area contributed by atoms with Crippen molar-refractivity contribution in [1.29, 1.82) is 0 Å². The zero-order valence-electron chi connectivity index (χ0n) is 13.9. The van der Waals surface area contributed by atoms with Gasteiger partial charge in [-0.25, -0.2) is 9.97 Å². The summed E-state index contributed by atoms with van der Waals surface area (Å²) >= 11 is 0. The number of nitrogens with one attached hydrogen (secondary N) is 1. The molecule has 3 rings (SSSR count). The van der Waals surface area contributed by atoms with E-state index in [2.05, 4.69) is 20.2 Å². The molecule has 0 unspecified atom stereocenters. The molecule has 0 radical (unpaired) electrons. The number of methoxy groups -OCH3 is 1. The molecule has 0 bridgehead atoms. The number of nitrogens with zero attached hydrogens (tertiary/aromatic N) is 4. The number of carbonyl (C=O) groups excluding carboxylic acids is 2. The van der Waals surface area contributed by atoms with E-state index in [4.69, 9.17) is 4.74 Å². The average molecular weight is 333 g/mol. The van der Waals surface area contributed by atoms with Gasteiger partial charge in [-0.3, -0.25) is 9.59 Å². The van der Waals surface area contributed by atoms with Gasteiger partial charge in [0.25, 0.3) is 0 Å². The lowest BCUT2D eigenvalue weighted by Crippen LogP contribution is -2.57. The minimum absolute atomic E-state index is 0.00727. The van der Waals surface area contributed by atoms with Gasteiger partial charge in [0, 0.05) is 52.1 Å². The number of ether oxygens (including phenoxy) is 1. The molecule has 1 aromatic heterocycles. The highest BCUT2D eigenvalue weighted by Crippen LogP contribution is 2.21. The summed E-state index contributed by atoms with van der Waals surface area (Å²) in [6.07, 6.45) is 4.43. The first-order chi connectivity index (χ1) is 11.7. The quantitative estimate of drug-likeness (QED) is 0.812. The molecule has 0 spiro atoms. The maximum atomic E-state index is 12.9. The van der Waals surface area contributed by atoms with Gasteiger partial charge in [-0.1, -0.05) is 0 Å². The van der Waals surface area contributed by atoms with Gasteiger partial charge in [0.05, 0.1) is 18.6 Å². The standard InChI is InChI=1S/C16H23N5O3/c1-24-11-13-12(3-4-14(22)19-13)15(23)20-7-9-21(10-8-20)16-17-5-2-6-18-16/h2,5-6,12-13H,3-4,7-11H2,1H3,(H,19,22)/t12-,13-/m1/s1. The Morgan fingerprint density at radius 1 is 1.29 bits per heavy atom. The van der Waals surface area contributed by atoms with Crippen LogP contribution in [0.1, 0.15) is 12.8 Å². The van der Waals surface area contributed by atoms with Crippen molar-refractivity contribution in [2.75, 3.05) is 44.8 Å². The second kappa shape index (κ2) is 7.57. The molecule has 24 heavy (non-hydrogen) atoms. The predicted octanol–water partition coefficient (Wildman–Crippen LogP) is -0.334. The predicted molar refractivity (Wildman–Crippen MR) is 87.4 cm³/mol. The molecular weight excluding hydrogens is 310 g/mol. The minimum Gasteiger partial charge on any atom is -0.383 e. The number of aromatic nitrogens is 2. The highest BCUT2D eigenvalue weighted by atomic mass is 16.5. The molecule has 0 aromatic carbocycles. The van der Waals surface area contributed by atoms with Crippen LogP contribution in [0.25, 0.3) is 0 Å². The lowest BCUT2D eigenvalue weighted by molar-refractivity contribution is -0.140. The number of amides is 2. The van der Waals surface area contributed by atoms with E-state index >= 15 is 0 Å². The molecule has 1 aromatic rings. The van der Waals surface area contributed by atoms with E-state index < -0.39 is 0 Å². The Kier molecular flexibility index (Phi) is 5.24. The molecule has 0 aliphatic carbocycles. The number of anilines is 1. The van der Waals surface area contributed by atoms with Crippen LogP contribution >= 0.6 is 0 Å². The maximum Gasteiger partial charge on any atom is 0.227 e. The second-order valence-corrected chi connectivity index (χ2v) is 6.14. The fraction of sp³-hybridized carbons (Fsp3) is 0.625. The van der Waals surface area contributed by atoms with Gasteiger partial charge in [-0.2, -0.15) is 0 Å². The molecule has 2 atom stereocenters. The fourth-order valence-electron chi connectivity index (χ4n) is 3.32. The Morgan fingerprint density at radius 2 is 2.00 bits per heavy atom. The SMILES string of the molecule is COC[C@H]1NC(=O)CC[C@H]1C(=O)N1CCN(c2ncccn2)CC1. The van der Waals surface area contributed by atoms with Crippen LogP contribution < -0.4 is 10.2 Å². The third-order valence-electron chi connectivity index (χ3n) is 4.60. The molecule has 2 aliphatic heterocycles. The normalized spacial score (nSPS) is 24.6. The van der Waals surface area contributed by atoms with Crippen molar-refractivity contribution in [3.05, 3.63) is 18.5 Å². The van der Waals surface area contributed by atoms with Gasteiger partial charge in [-0.15, -0.1) is 0 Å². The summed E-state index contributed by atoms with van der Waals surface area (Å²) in [5.74, 6) is 0.590. The summed E-state index contributed by atoms with van der Waals surface area (Å²) in [6, 6.07) is 1.55. The Bertz CT molecular complexity index is 574. The van der Waals surface area contributed by atoms with E-state index in [1.165, 1.54) is 0 Å². The molecule has 1 N–H and O–H groups in total. The number of hydrogen-bond donors (Lipinski definition) is 1. The number of rotatable bonds is 4. The smallest absolute Gasteiger partial charge is 0.227 e. The first-order valence-corrected chi connectivity index (χ1v) is 8.28.